The molecule has 1 amide bonds. The highest BCUT2D eigenvalue weighted by Crippen LogP contribution is 2.20. The Bertz CT molecular complexity index is 785. The lowest BCUT2D eigenvalue weighted by Gasteiger charge is -2.35. The fourth-order valence-corrected chi connectivity index (χ4v) is 3.30. The van der Waals surface area contributed by atoms with Gasteiger partial charge in [0.2, 0.25) is 5.91 Å². The molecule has 1 aliphatic heterocycles. The second-order valence-corrected chi connectivity index (χ2v) is 7.42. The summed E-state index contributed by atoms with van der Waals surface area (Å²) in [5, 5.41) is 0.650. The molecule has 0 radical (unpaired) electrons. The number of halogens is 1. The van der Waals surface area contributed by atoms with Gasteiger partial charge in [0.1, 0.15) is 11.6 Å². The van der Waals surface area contributed by atoms with Gasteiger partial charge in [-0.25, -0.2) is 9.97 Å². The van der Waals surface area contributed by atoms with Crippen LogP contribution in [0.2, 0.25) is 5.02 Å². The van der Waals surface area contributed by atoms with E-state index >= 15 is 0 Å². The molecule has 2 aromatic rings. The van der Waals surface area contributed by atoms with E-state index in [2.05, 4.69) is 23.7 Å². The number of aromatic nitrogens is 2. The summed E-state index contributed by atoms with van der Waals surface area (Å²) in [6.45, 7) is 9.16. The zero-order chi connectivity index (χ0) is 18.7. The summed E-state index contributed by atoms with van der Waals surface area (Å²) in [5.41, 5.74) is 1.87. The van der Waals surface area contributed by atoms with Crippen LogP contribution in [-0.4, -0.2) is 47.0 Å². The quantitative estimate of drug-likeness (QED) is 0.824. The van der Waals surface area contributed by atoms with Crippen molar-refractivity contribution in [1.82, 2.24) is 14.9 Å². The van der Waals surface area contributed by atoms with Crippen molar-refractivity contribution in [3.63, 3.8) is 0 Å². The Kier molecular flexibility index (Phi) is 5.77. The Morgan fingerprint density at radius 2 is 1.85 bits per heavy atom. The lowest BCUT2D eigenvalue weighted by atomic mass is 10.1. The largest absolute Gasteiger partial charge is 0.353 e. The molecule has 0 aliphatic carbocycles. The molecule has 1 aromatic heterocycles. The van der Waals surface area contributed by atoms with Gasteiger partial charge in [-0.15, -0.1) is 0 Å². The molecule has 0 unspecified atom stereocenters. The normalized spacial score (nSPS) is 14.8. The number of hydrogen-bond donors (Lipinski definition) is 0. The maximum atomic E-state index is 12.6. The van der Waals surface area contributed by atoms with Crippen LogP contribution in [0.25, 0.3) is 0 Å². The SMILES string of the molecule is Cc1cc(N2CCN(C(=O)Cc3ccccc3Cl)CC2)nc(C(C)C)n1. The van der Waals surface area contributed by atoms with Gasteiger partial charge in [0.05, 0.1) is 6.42 Å². The van der Waals surface area contributed by atoms with E-state index in [9.17, 15) is 4.79 Å². The average Bonchev–Trinajstić information content (AvgIpc) is 2.63. The lowest BCUT2D eigenvalue weighted by Crippen LogP contribution is -2.49. The van der Waals surface area contributed by atoms with E-state index in [0.717, 1.165) is 36.0 Å². The van der Waals surface area contributed by atoms with Crippen LogP contribution in [-0.2, 0) is 11.2 Å². The van der Waals surface area contributed by atoms with E-state index in [0.29, 0.717) is 30.5 Å². The molecule has 0 spiro atoms. The van der Waals surface area contributed by atoms with E-state index in [4.69, 9.17) is 16.6 Å². The Labute approximate surface area is 160 Å². The standard InChI is InChI=1S/C20H25ClN4O/c1-14(2)20-22-15(3)12-18(23-20)24-8-10-25(11-9-24)19(26)13-16-6-4-5-7-17(16)21/h4-7,12,14H,8-11,13H2,1-3H3. The molecule has 2 heterocycles. The van der Waals surface area contributed by atoms with Crippen LogP contribution >= 0.6 is 11.6 Å². The maximum absolute atomic E-state index is 12.6. The number of carbonyl (C=O) groups excluding carboxylic acids is 1. The Hall–Kier alpha value is -2.14. The van der Waals surface area contributed by atoms with Crippen molar-refractivity contribution in [3.05, 3.63) is 52.4 Å². The molecule has 138 valence electrons. The van der Waals surface area contributed by atoms with Gasteiger partial charge in [0.15, 0.2) is 0 Å². The Morgan fingerprint density at radius 1 is 1.15 bits per heavy atom. The monoisotopic (exact) mass is 372 g/mol. The number of aryl methyl sites for hydroxylation is 1. The number of anilines is 1. The van der Waals surface area contributed by atoms with Gasteiger partial charge < -0.3 is 9.80 Å². The van der Waals surface area contributed by atoms with E-state index in [1.807, 2.05) is 42.2 Å². The second kappa shape index (κ2) is 8.04. The van der Waals surface area contributed by atoms with Crippen molar-refractivity contribution < 1.29 is 4.79 Å². The highest BCUT2D eigenvalue weighted by molar-refractivity contribution is 6.31. The van der Waals surface area contributed by atoms with Crippen LogP contribution < -0.4 is 4.90 Å². The van der Waals surface area contributed by atoms with Crippen LogP contribution in [0.1, 0.15) is 36.8 Å². The van der Waals surface area contributed by atoms with Gasteiger partial charge >= 0.3 is 0 Å². The molecular formula is C20H25ClN4O. The number of rotatable bonds is 4. The highest BCUT2D eigenvalue weighted by Gasteiger charge is 2.23. The van der Waals surface area contributed by atoms with E-state index in [1.165, 1.54) is 0 Å². The number of amides is 1. The number of benzene rings is 1. The van der Waals surface area contributed by atoms with Gasteiger partial charge in [0, 0.05) is 48.9 Å². The van der Waals surface area contributed by atoms with E-state index in [-0.39, 0.29) is 5.91 Å². The molecule has 5 nitrogen and oxygen atoms in total. The summed E-state index contributed by atoms with van der Waals surface area (Å²) < 4.78 is 0. The van der Waals surface area contributed by atoms with Crippen LogP contribution in [0.15, 0.2) is 30.3 Å². The molecule has 1 aromatic carbocycles. The molecule has 6 heteroatoms. The summed E-state index contributed by atoms with van der Waals surface area (Å²) in [7, 11) is 0. The van der Waals surface area contributed by atoms with E-state index < -0.39 is 0 Å². The average molecular weight is 373 g/mol. The molecule has 3 rings (SSSR count). The van der Waals surface area contributed by atoms with Gasteiger partial charge in [-0.1, -0.05) is 43.6 Å². The molecule has 0 N–H and O–H groups in total. The van der Waals surface area contributed by atoms with Gasteiger partial charge in [-0.05, 0) is 18.6 Å². The predicted octanol–water partition coefficient (Wildman–Crippen LogP) is 3.45. The Balaban J connectivity index is 1.62. The summed E-state index contributed by atoms with van der Waals surface area (Å²) in [6.07, 6.45) is 0.351. The van der Waals surface area contributed by atoms with Crippen molar-refractivity contribution in [2.75, 3.05) is 31.1 Å². The van der Waals surface area contributed by atoms with Crippen LogP contribution in [0.4, 0.5) is 5.82 Å². The van der Waals surface area contributed by atoms with Crippen LogP contribution in [0, 0.1) is 6.92 Å². The van der Waals surface area contributed by atoms with Crippen molar-refractivity contribution in [3.8, 4) is 0 Å². The van der Waals surface area contributed by atoms with Crippen molar-refractivity contribution in [1.29, 1.82) is 0 Å². The van der Waals surface area contributed by atoms with Gasteiger partial charge in [-0.2, -0.15) is 0 Å². The summed E-state index contributed by atoms with van der Waals surface area (Å²) in [6, 6.07) is 9.55. The molecular weight excluding hydrogens is 348 g/mol. The first-order valence-electron chi connectivity index (χ1n) is 9.05. The maximum Gasteiger partial charge on any atom is 0.227 e. The minimum absolute atomic E-state index is 0.125. The molecule has 1 aliphatic rings. The highest BCUT2D eigenvalue weighted by atomic mass is 35.5. The molecule has 26 heavy (non-hydrogen) atoms. The summed E-state index contributed by atoms with van der Waals surface area (Å²) in [4.78, 5) is 25.9. The third-order valence-electron chi connectivity index (χ3n) is 4.63. The lowest BCUT2D eigenvalue weighted by molar-refractivity contribution is -0.130. The van der Waals surface area contributed by atoms with Crippen LogP contribution in [0.3, 0.4) is 0 Å². The Morgan fingerprint density at radius 3 is 2.50 bits per heavy atom. The zero-order valence-electron chi connectivity index (χ0n) is 15.6. The topological polar surface area (TPSA) is 49.3 Å². The second-order valence-electron chi connectivity index (χ2n) is 7.02. The fourth-order valence-electron chi connectivity index (χ4n) is 3.10. The molecule has 0 saturated carbocycles. The molecule has 0 bridgehead atoms. The summed E-state index contributed by atoms with van der Waals surface area (Å²) in [5.74, 6) is 2.25. The third-order valence-corrected chi connectivity index (χ3v) is 5.00. The molecule has 1 fully saturated rings. The smallest absolute Gasteiger partial charge is 0.227 e. The van der Waals surface area contributed by atoms with Crippen molar-refractivity contribution >= 4 is 23.3 Å². The van der Waals surface area contributed by atoms with Gasteiger partial charge in [-0.3, -0.25) is 4.79 Å². The first-order chi connectivity index (χ1) is 12.4. The minimum atomic E-state index is 0.125. The number of piperazine rings is 1. The first kappa shape index (κ1) is 18.6. The number of nitrogens with zero attached hydrogens (tertiary/aromatic N) is 4. The zero-order valence-corrected chi connectivity index (χ0v) is 16.3. The minimum Gasteiger partial charge on any atom is -0.353 e. The molecule has 1 saturated heterocycles. The number of hydrogen-bond acceptors (Lipinski definition) is 4. The molecule has 0 atom stereocenters. The van der Waals surface area contributed by atoms with Gasteiger partial charge in [0.25, 0.3) is 0 Å². The number of carbonyl (C=O) groups is 1. The first-order valence-corrected chi connectivity index (χ1v) is 9.43. The van der Waals surface area contributed by atoms with Crippen LogP contribution in [0.5, 0.6) is 0 Å². The third kappa shape index (κ3) is 4.33. The van der Waals surface area contributed by atoms with Crippen molar-refractivity contribution in [2.24, 2.45) is 0 Å². The predicted molar refractivity (Wildman–Crippen MR) is 105 cm³/mol. The summed E-state index contributed by atoms with van der Waals surface area (Å²) >= 11 is 6.17. The van der Waals surface area contributed by atoms with E-state index in [1.54, 1.807) is 0 Å². The fraction of sp³-hybridized carbons (Fsp3) is 0.450. The van der Waals surface area contributed by atoms with Crippen molar-refractivity contribution in [2.45, 2.75) is 33.1 Å².